The zero-order valence-corrected chi connectivity index (χ0v) is 9.07. The second-order valence-electron chi connectivity index (χ2n) is 3.41. The normalized spacial score (nSPS) is 18.8. The van der Waals surface area contributed by atoms with Crippen molar-refractivity contribution in [2.75, 3.05) is 19.0 Å². The Morgan fingerprint density at radius 3 is 2.77 bits per heavy atom. The van der Waals surface area contributed by atoms with Gasteiger partial charge in [-0.1, -0.05) is 6.92 Å². The SMILES string of the molecule is CCCC(=O)CSC1CCOCC1. The average molecular weight is 202 g/mol. The number of carbonyl (C=O) groups excluding carboxylic acids is 1. The summed E-state index contributed by atoms with van der Waals surface area (Å²) in [5, 5.41) is 0.662. The Kier molecular flexibility index (Phi) is 5.47. The van der Waals surface area contributed by atoms with Crippen LogP contribution in [-0.2, 0) is 9.53 Å². The van der Waals surface area contributed by atoms with E-state index < -0.39 is 0 Å². The van der Waals surface area contributed by atoms with Gasteiger partial charge < -0.3 is 4.74 Å². The molecule has 0 aromatic carbocycles. The van der Waals surface area contributed by atoms with Crippen molar-refractivity contribution in [2.24, 2.45) is 0 Å². The van der Waals surface area contributed by atoms with E-state index in [4.69, 9.17) is 4.74 Å². The second kappa shape index (κ2) is 6.44. The second-order valence-corrected chi connectivity index (χ2v) is 4.70. The van der Waals surface area contributed by atoms with Crippen LogP contribution in [-0.4, -0.2) is 30.0 Å². The highest BCUT2D eigenvalue weighted by atomic mass is 32.2. The van der Waals surface area contributed by atoms with E-state index in [1.165, 1.54) is 0 Å². The van der Waals surface area contributed by atoms with Crippen LogP contribution < -0.4 is 0 Å². The van der Waals surface area contributed by atoms with Crippen molar-refractivity contribution in [3.8, 4) is 0 Å². The number of rotatable bonds is 5. The van der Waals surface area contributed by atoms with Crippen LogP contribution in [0.25, 0.3) is 0 Å². The molecule has 1 aliphatic heterocycles. The van der Waals surface area contributed by atoms with E-state index in [1.54, 1.807) is 0 Å². The highest BCUT2D eigenvalue weighted by Gasteiger charge is 2.14. The summed E-state index contributed by atoms with van der Waals surface area (Å²) in [4.78, 5) is 11.2. The molecule has 1 aliphatic rings. The van der Waals surface area contributed by atoms with E-state index in [2.05, 4.69) is 6.92 Å². The zero-order chi connectivity index (χ0) is 9.52. The van der Waals surface area contributed by atoms with Gasteiger partial charge in [-0.3, -0.25) is 4.79 Å². The van der Waals surface area contributed by atoms with Crippen LogP contribution in [0, 0.1) is 0 Å². The molecular formula is C10H18O2S. The van der Waals surface area contributed by atoms with E-state index in [9.17, 15) is 4.79 Å². The summed E-state index contributed by atoms with van der Waals surface area (Å²) in [6.07, 6.45) is 3.96. The molecule has 0 atom stereocenters. The first kappa shape index (κ1) is 11.1. The first-order chi connectivity index (χ1) is 6.33. The van der Waals surface area contributed by atoms with Crippen molar-refractivity contribution in [2.45, 2.75) is 37.9 Å². The van der Waals surface area contributed by atoms with Gasteiger partial charge in [-0.2, -0.15) is 11.8 Å². The van der Waals surface area contributed by atoms with Crippen molar-refractivity contribution in [1.82, 2.24) is 0 Å². The maximum atomic E-state index is 11.2. The van der Waals surface area contributed by atoms with Crippen LogP contribution in [0.4, 0.5) is 0 Å². The van der Waals surface area contributed by atoms with Crippen molar-refractivity contribution in [1.29, 1.82) is 0 Å². The molecule has 13 heavy (non-hydrogen) atoms. The Bertz CT molecular complexity index is 153. The van der Waals surface area contributed by atoms with E-state index in [1.807, 2.05) is 11.8 Å². The first-order valence-electron chi connectivity index (χ1n) is 5.04. The molecule has 1 fully saturated rings. The zero-order valence-electron chi connectivity index (χ0n) is 8.25. The summed E-state index contributed by atoms with van der Waals surface area (Å²) in [7, 11) is 0. The third kappa shape index (κ3) is 4.67. The Hall–Kier alpha value is -0.0200. The number of carbonyl (C=O) groups is 1. The molecule has 0 radical (unpaired) electrons. The number of hydrogen-bond acceptors (Lipinski definition) is 3. The van der Waals surface area contributed by atoms with Gasteiger partial charge in [0.25, 0.3) is 0 Å². The van der Waals surface area contributed by atoms with E-state index >= 15 is 0 Å². The smallest absolute Gasteiger partial charge is 0.142 e. The fraction of sp³-hybridized carbons (Fsp3) is 0.900. The average Bonchev–Trinajstić information content (AvgIpc) is 2.17. The molecule has 0 aromatic heterocycles. The van der Waals surface area contributed by atoms with Gasteiger partial charge in [0, 0.05) is 24.9 Å². The summed E-state index contributed by atoms with van der Waals surface area (Å²) in [6, 6.07) is 0. The van der Waals surface area contributed by atoms with Crippen molar-refractivity contribution >= 4 is 17.5 Å². The lowest BCUT2D eigenvalue weighted by molar-refractivity contribution is -0.116. The van der Waals surface area contributed by atoms with Gasteiger partial charge in [0.05, 0.1) is 5.75 Å². The highest BCUT2D eigenvalue weighted by molar-refractivity contribution is 8.00. The largest absolute Gasteiger partial charge is 0.381 e. The third-order valence-corrected chi connectivity index (χ3v) is 3.61. The van der Waals surface area contributed by atoms with Crippen LogP contribution in [0.5, 0.6) is 0 Å². The highest BCUT2D eigenvalue weighted by Crippen LogP contribution is 2.22. The standard InChI is InChI=1S/C10H18O2S/c1-2-3-9(11)8-13-10-4-6-12-7-5-10/h10H,2-8H2,1H3. The Morgan fingerprint density at radius 1 is 1.46 bits per heavy atom. The fourth-order valence-corrected chi connectivity index (χ4v) is 2.50. The minimum Gasteiger partial charge on any atom is -0.381 e. The summed E-state index contributed by atoms with van der Waals surface area (Å²) in [5.41, 5.74) is 0. The van der Waals surface area contributed by atoms with Gasteiger partial charge in [-0.25, -0.2) is 0 Å². The van der Waals surface area contributed by atoms with E-state index in [0.29, 0.717) is 16.8 Å². The number of hydrogen-bond donors (Lipinski definition) is 0. The summed E-state index contributed by atoms with van der Waals surface area (Å²) < 4.78 is 5.26. The van der Waals surface area contributed by atoms with Crippen LogP contribution in [0.15, 0.2) is 0 Å². The monoisotopic (exact) mass is 202 g/mol. The van der Waals surface area contributed by atoms with Crippen LogP contribution in [0.2, 0.25) is 0 Å². The van der Waals surface area contributed by atoms with Crippen molar-refractivity contribution < 1.29 is 9.53 Å². The van der Waals surface area contributed by atoms with Gasteiger partial charge in [0.1, 0.15) is 5.78 Å². The molecule has 1 rings (SSSR count). The van der Waals surface area contributed by atoms with Crippen LogP contribution >= 0.6 is 11.8 Å². The molecule has 0 spiro atoms. The van der Waals surface area contributed by atoms with Gasteiger partial charge >= 0.3 is 0 Å². The van der Waals surface area contributed by atoms with Gasteiger partial charge in [-0.15, -0.1) is 0 Å². The van der Waals surface area contributed by atoms with Gasteiger partial charge in [-0.05, 0) is 19.3 Å². The Labute approximate surface area is 84.4 Å². The van der Waals surface area contributed by atoms with E-state index in [-0.39, 0.29) is 0 Å². The lowest BCUT2D eigenvalue weighted by atomic mass is 10.2. The quantitative estimate of drug-likeness (QED) is 0.684. The maximum absolute atomic E-state index is 11.2. The van der Waals surface area contributed by atoms with Crippen LogP contribution in [0.1, 0.15) is 32.6 Å². The molecule has 0 N–H and O–H groups in total. The summed E-state index contributed by atoms with van der Waals surface area (Å²) in [5.74, 6) is 1.11. The molecule has 1 heterocycles. The topological polar surface area (TPSA) is 26.3 Å². The number of ketones is 1. The van der Waals surface area contributed by atoms with Crippen molar-refractivity contribution in [3.05, 3.63) is 0 Å². The number of thioether (sulfide) groups is 1. The predicted molar refractivity (Wildman–Crippen MR) is 56.2 cm³/mol. The van der Waals surface area contributed by atoms with Gasteiger partial charge in [0.15, 0.2) is 0 Å². The Morgan fingerprint density at radius 2 is 2.15 bits per heavy atom. The van der Waals surface area contributed by atoms with E-state index in [0.717, 1.165) is 38.9 Å². The summed E-state index contributed by atoms with van der Waals surface area (Å²) >= 11 is 1.82. The lowest BCUT2D eigenvalue weighted by Gasteiger charge is -2.20. The Balaban J connectivity index is 2.06. The molecule has 76 valence electrons. The first-order valence-corrected chi connectivity index (χ1v) is 6.09. The maximum Gasteiger partial charge on any atom is 0.142 e. The number of ether oxygens (including phenoxy) is 1. The van der Waals surface area contributed by atoms with Crippen molar-refractivity contribution in [3.63, 3.8) is 0 Å². The minimum absolute atomic E-state index is 0.402. The molecule has 0 bridgehead atoms. The minimum atomic E-state index is 0.402. The molecule has 0 aromatic rings. The molecule has 0 aliphatic carbocycles. The lowest BCUT2D eigenvalue weighted by Crippen LogP contribution is -2.19. The van der Waals surface area contributed by atoms with Crippen LogP contribution in [0.3, 0.4) is 0 Å². The van der Waals surface area contributed by atoms with Gasteiger partial charge in [0.2, 0.25) is 0 Å². The molecular weight excluding hydrogens is 184 g/mol. The molecule has 0 unspecified atom stereocenters. The molecule has 2 nitrogen and oxygen atoms in total. The fourth-order valence-electron chi connectivity index (χ4n) is 1.40. The molecule has 0 amide bonds. The number of Topliss-reactive ketones (excluding diaryl/α,β-unsaturated/α-hetero) is 1. The molecule has 0 saturated carbocycles. The molecule has 3 heteroatoms. The third-order valence-electron chi connectivity index (χ3n) is 2.18. The molecule has 1 saturated heterocycles. The summed E-state index contributed by atoms with van der Waals surface area (Å²) in [6.45, 7) is 3.80. The predicted octanol–water partition coefficient (Wildman–Crippen LogP) is 2.27.